The third-order valence-corrected chi connectivity index (χ3v) is 5.06. The lowest BCUT2D eigenvalue weighted by Gasteiger charge is -2.24. The van der Waals surface area contributed by atoms with Gasteiger partial charge in [0.25, 0.3) is 0 Å². The van der Waals surface area contributed by atoms with E-state index in [9.17, 15) is 18.0 Å². The highest BCUT2D eigenvalue weighted by atomic mass is 32.2. The first kappa shape index (κ1) is 16.0. The highest BCUT2D eigenvalue weighted by molar-refractivity contribution is 8.00. The third kappa shape index (κ3) is 3.84. The maximum atomic E-state index is 12.7. The van der Waals surface area contributed by atoms with E-state index in [0.29, 0.717) is 12.2 Å². The molecule has 0 saturated carbocycles. The highest BCUT2D eigenvalue weighted by Gasteiger charge is 2.35. The molecule has 7 heteroatoms. The summed E-state index contributed by atoms with van der Waals surface area (Å²) in [7, 11) is 0. The first-order chi connectivity index (χ1) is 9.71. The molecular weight excluding hydrogens is 303 g/mol. The van der Waals surface area contributed by atoms with Crippen LogP contribution >= 0.6 is 11.8 Å². The smallest absolute Gasteiger partial charge is 0.417 e. The molecule has 21 heavy (non-hydrogen) atoms. The Morgan fingerprint density at radius 3 is 2.71 bits per heavy atom. The van der Waals surface area contributed by atoms with Crippen LogP contribution < -0.4 is 5.32 Å². The molecule has 2 N–H and O–H groups in total. The van der Waals surface area contributed by atoms with Gasteiger partial charge in [-0.1, -0.05) is 0 Å². The lowest BCUT2D eigenvalue weighted by atomic mass is 10.0. The van der Waals surface area contributed by atoms with Gasteiger partial charge in [-0.15, -0.1) is 0 Å². The number of benzene rings is 1. The van der Waals surface area contributed by atoms with Crippen molar-refractivity contribution in [3.05, 3.63) is 29.3 Å². The van der Waals surface area contributed by atoms with Crippen molar-refractivity contribution in [2.24, 2.45) is 0 Å². The number of alkyl halides is 3. The van der Waals surface area contributed by atoms with Crippen molar-refractivity contribution in [3.8, 4) is 0 Å². The van der Waals surface area contributed by atoms with Crippen molar-refractivity contribution < 1.29 is 23.1 Å². The molecule has 1 heterocycles. The van der Waals surface area contributed by atoms with Crippen molar-refractivity contribution in [3.63, 3.8) is 0 Å². The Kier molecular flexibility index (Phi) is 4.41. The summed E-state index contributed by atoms with van der Waals surface area (Å²) in [5.74, 6) is -0.501. The van der Waals surface area contributed by atoms with Crippen LogP contribution in [-0.4, -0.2) is 28.1 Å². The van der Waals surface area contributed by atoms with Gasteiger partial charge in [0.2, 0.25) is 0 Å². The van der Waals surface area contributed by atoms with E-state index < -0.39 is 23.3 Å². The SMILES string of the molecule is CC1(CNc2ccc(C(F)(F)F)c(C(=O)O)c2)CCCS1. The number of thioether (sulfide) groups is 1. The van der Waals surface area contributed by atoms with Crippen molar-refractivity contribution in [2.75, 3.05) is 17.6 Å². The average Bonchev–Trinajstić information content (AvgIpc) is 2.82. The predicted octanol–water partition coefficient (Wildman–Crippen LogP) is 4.10. The van der Waals surface area contributed by atoms with E-state index >= 15 is 0 Å². The van der Waals surface area contributed by atoms with Crippen LogP contribution in [0.15, 0.2) is 18.2 Å². The topological polar surface area (TPSA) is 49.3 Å². The molecule has 1 aliphatic heterocycles. The lowest BCUT2D eigenvalue weighted by molar-refractivity contribution is -0.138. The largest absolute Gasteiger partial charge is 0.478 e. The second-order valence-electron chi connectivity index (χ2n) is 5.32. The summed E-state index contributed by atoms with van der Waals surface area (Å²) in [6.07, 6.45) is -2.51. The molecule has 2 rings (SSSR count). The molecule has 1 fully saturated rings. The summed E-state index contributed by atoms with van der Waals surface area (Å²) < 4.78 is 38.3. The van der Waals surface area contributed by atoms with Gasteiger partial charge in [0.15, 0.2) is 0 Å². The molecule has 1 aromatic rings. The molecule has 1 unspecified atom stereocenters. The molecule has 116 valence electrons. The maximum absolute atomic E-state index is 12.7. The fourth-order valence-electron chi connectivity index (χ4n) is 2.34. The van der Waals surface area contributed by atoms with E-state index in [1.165, 1.54) is 6.07 Å². The number of aromatic carboxylic acids is 1. The zero-order valence-electron chi connectivity index (χ0n) is 11.5. The molecule has 1 atom stereocenters. The zero-order valence-corrected chi connectivity index (χ0v) is 12.3. The van der Waals surface area contributed by atoms with Crippen LogP contribution in [0, 0.1) is 0 Å². The van der Waals surface area contributed by atoms with Crippen LogP contribution in [-0.2, 0) is 6.18 Å². The van der Waals surface area contributed by atoms with Gasteiger partial charge in [-0.2, -0.15) is 24.9 Å². The summed E-state index contributed by atoms with van der Waals surface area (Å²) in [5, 5.41) is 12.0. The summed E-state index contributed by atoms with van der Waals surface area (Å²) in [4.78, 5) is 11.0. The minimum Gasteiger partial charge on any atom is -0.478 e. The van der Waals surface area contributed by atoms with E-state index in [2.05, 4.69) is 12.2 Å². The molecule has 0 aliphatic carbocycles. The van der Waals surface area contributed by atoms with Crippen LogP contribution in [0.1, 0.15) is 35.7 Å². The van der Waals surface area contributed by atoms with Crippen LogP contribution in [0.3, 0.4) is 0 Å². The van der Waals surface area contributed by atoms with E-state index in [1.807, 2.05) is 11.8 Å². The molecule has 0 spiro atoms. The number of nitrogens with one attached hydrogen (secondary N) is 1. The van der Waals surface area contributed by atoms with Gasteiger partial charge in [0.1, 0.15) is 0 Å². The van der Waals surface area contributed by atoms with Gasteiger partial charge in [-0.25, -0.2) is 4.79 Å². The van der Waals surface area contributed by atoms with Gasteiger partial charge in [-0.05, 0) is 43.7 Å². The Labute approximate surface area is 124 Å². The normalized spacial score (nSPS) is 22.3. The zero-order chi connectivity index (χ0) is 15.7. The first-order valence-corrected chi connectivity index (χ1v) is 7.52. The van der Waals surface area contributed by atoms with Gasteiger partial charge in [0.05, 0.1) is 11.1 Å². The number of anilines is 1. The second-order valence-corrected chi connectivity index (χ2v) is 7.00. The number of hydrogen-bond donors (Lipinski definition) is 2. The standard InChI is InChI=1S/C14H16F3NO2S/c1-13(5-2-6-21-13)8-18-9-3-4-11(14(15,16)17)10(7-9)12(19)20/h3-4,7,18H,2,5-6,8H2,1H3,(H,19,20). The summed E-state index contributed by atoms with van der Waals surface area (Å²) >= 11 is 1.82. The van der Waals surface area contributed by atoms with Crippen LogP contribution in [0.25, 0.3) is 0 Å². The lowest BCUT2D eigenvalue weighted by Crippen LogP contribution is -2.27. The van der Waals surface area contributed by atoms with E-state index in [1.54, 1.807) is 0 Å². The van der Waals surface area contributed by atoms with Crippen molar-refractivity contribution in [2.45, 2.75) is 30.7 Å². The first-order valence-electron chi connectivity index (χ1n) is 6.54. The monoisotopic (exact) mass is 319 g/mol. The number of carbonyl (C=O) groups is 1. The number of rotatable bonds is 4. The Hall–Kier alpha value is -1.37. The second kappa shape index (κ2) is 5.79. The Morgan fingerprint density at radius 1 is 1.48 bits per heavy atom. The van der Waals surface area contributed by atoms with Gasteiger partial charge in [0, 0.05) is 17.0 Å². The van der Waals surface area contributed by atoms with Gasteiger partial charge >= 0.3 is 12.1 Å². The van der Waals surface area contributed by atoms with Gasteiger partial charge in [-0.3, -0.25) is 0 Å². The maximum Gasteiger partial charge on any atom is 0.417 e. The summed E-state index contributed by atoms with van der Waals surface area (Å²) in [6.45, 7) is 2.70. The van der Waals surface area contributed by atoms with E-state index in [0.717, 1.165) is 30.7 Å². The molecular formula is C14H16F3NO2S. The van der Waals surface area contributed by atoms with E-state index in [-0.39, 0.29) is 4.75 Å². The van der Waals surface area contributed by atoms with Crippen LogP contribution in [0.4, 0.5) is 18.9 Å². The fraction of sp³-hybridized carbons (Fsp3) is 0.500. The summed E-state index contributed by atoms with van der Waals surface area (Å²) in [5.41, 5.74) is -1.45. The molecule has 0 bridgehead atoms. The van der Waals surface area contributed by atoms with Gasteiger partial charge < -0.3 is 10.4 Å². The quantitative estimate of drug-likeness (QED) is 0.877. The van der Waals surface area contributed by atoms with Crippen LogP contribution in [0.5, 0.6) is 0 Å². The Bertz CT molecular complexity index is 540. The average molecular weight is 319 g/mol. The minimum absolute atomic E-state index is 0.0477. The number of hydrogen-bond acceptors (Lipinski definition) is 3. The molecule has 0 radical (unpaired) electrons. The predicted molar refractivity (Wildman–Crippen MR) is 77.0 cm³/mol. The molecule has 0 amide bonds. The molecule has 1 aromatic carbocycles. The van der Waals surface area contributed by atoms with Crippen molar-refractivity contribution in [1.29, 1.82) is 0 Å². The van der Waals surface area contributed by atoms with E-state index in [4.69, 9.17) is 5.11 Å². The molecule has 3 nitrogen and oxygen atoms in total. The number of carboxylic acid groups (broad SMARTS) is 1. The van der Waals surface area contributed by atoms with Crippen LogP contribution in [0.2, 0.25) is 0 Å². The fourth-order valence-corrected chi connectivity index (χ4v) is 3.59. The number of halogens is 3. The van der Waals surface area contributed by atoms with Crippen molar-refractivity contribution >= 4 is 23.4 Å². The molecule has 1 aliphatic rings. The Morgan fingerprint density at radius 2 is 2.19 bits per heavy atom. The molecule has 0 aromatic heterocycles. The van der Waals surface area contributed by atoms with Crippen molar-refractivity contribution in [1.82, 2.24) is 0 Å². The third-order valence-electron chi connectivity index (χ3n) is 3.52. The molecule has 1 saturated heterocycles. The summed E-state index contributed by atoms with van der Waals surface area (Å²) in [6, 6.07) is 3.14. The highest BCUT2D eigenvalue weighted by Crippen LogP contribution is 2.38. The minimum atomic E-state index is -4.67. The Balaban J connectivity index is 2.18. The number of carboxylic acids is 1.